The van der Waals surface area contributed by atoms with Gasteiger partial charge in [-0.3, -0.25) is 10.1 Å². The average Bonchev–Trinajstić information content (AvgIpc) is 2.61. The summed E-state index contributed by atoms with van der Waals surface area (Å²) in [6.45, 7) is 4.59. The standard InChI is InChI=1S/C20H25N5O2/c1-14-10-15(2)12-17(11-14)24-20-18(25(26)27)19(22-13-23-20)21-9-8-16-6-4-3-5-7-16/h6,10-13H,3-5,7-9H2,1-2H3,(H2,21,22,23,24). The van der Waals surface area contributed by atoms with Crippen molar-refractivity contribution in [3.63, 3.8) is 0 Å². The van der Waals surface area contributed by atoms with Crippen LogP contribution in [-0.4, -0.2) is 21.4 Å². The molecular weight excluding hydrogens is 342 g/mol. The summed E-state index contributed by atoms with van der Waals surface area (Å²) in [6, 6.07) is 5.91. The van der Waals surface area contributed by atoms with Gasteiger partial charge in [-0.15, -0.1) is 0 Å². The van der Waals surface area contributed by atoms with Crippen molar-refractivity contribution in [3.05, 3.63) is 57.4 Å². The van der Waals surface area contributed by atoms with E-state index in [1.807, 2.05) is 32.0 Å². The Bertz CT molecular complexity index is 843. The molecule has 0 amide bonds. The summed E-state index contributed by atoms with van der Waals surface area (Å²) in [5, 5.41) is 17.9. The van der Waals surface area contributed by atoms with Crippen molar-refractivity contribution >= 4 is 23.0 Å². The minimum atomic E-state index is -0.437. The molecule has 0 spiro atoms. The zero-order chi connectivity index (χ0) is 19.2. The second-order valence-electron chi connectivity index (χ2n) is 6.96. The molecule has 2 N–H and O–H groups in total. The van der Waals surface area contributed by atoms with Gasteiger partial charge >= 0.3 is 5.69 Å². The van der Waals surface area contributed by atoms with Crippen LogP contribution in [0.4, 0.5) is 23.0 Å². The summed E-state index contributed by atoms with van der Waals surface area (Å²) in [6.07, 6.45) is 9.24. The molecule has 3 rings (SSSR count). The van der Waals surface area contributed by atoms with E-state index in [1.54, 1.807) is 0 Å². The van der Waals surface area contributed by atoms with Crippen molar-refractivity contribution < 1.29 is 4.92 Å². The number of nitrogens with one attached hydrogen (secondary N) is 2. The lowest BCUT2D eigenvalue weighted by atomic mass is 9.97. The predicted octanol–water partition coefficient (Wildman–Crippen LogP) is 5.05. The SMILES string of the molecule is Cc1cc(C)cc(Nc2ncnc(NCCC3=CCCCC3)c2[N+](=O)[O-])c1. The monoisotopic (exact) mass is 367 g/mol. The van der Waals surface area contributed by atoms with Crippen molar-refractivity contribution in [2.24, 2.45) is 0 Å². The molecule has 0 fully saturated rings. The first-order chi connectivity index (χ1) is 13.0. The van der Waals surface area contributed by atoms with Crippen LogP contribution in [0.15, 0.2) is 36.2 Å². The Kier molecular flexibility index (Phi) is 6.01. The van der Waals surface area contributed by atoms with Gasteiger partial charge in [0, 0.05) is 12.2 Å². The lowest BCUT2D eigenvalue weighted by Crippen LogP contribution is -2.10. The molecule has 0 unspecified atom stereocenters. The number of hydrogen-bond acceptors (Lipinski definition) is 6. The fourth-order valence-corrected chi connectivity index (χ4v) is 3.43. The summed E-state index contributed by atoms with van der Waals surface area (Å²) < 4.78 is 0. The van der Waals surface area contributed by atoms with E-state index in [-0.39, 0.29) is 17.3 Å². The van der Waals surface area contributed by atoms with Crippen LogP contribution in [0.5, 0.6) is 0 Å². The maximum Gasteiger partial charge on any atom is 0.353 e. The largest absolute Gasteiger partial charge is 0.364 e. The molecule has 1 aromatic carbocycles. The molecule has 1 aliphatic rings. The Morgan fingerprint density at radius 1 is 1.11 bits per heavy atom. The van der Waals surface area contributed by atoms with Gasteiger partial charge in [-0.05, 0) is 69.2 Å². The number of allylic oxidation sites excluding steroid dienone is 1. The molecular formula is C20H25N5O2. The third-order valence-corrected chi connectivity index (χ3v) is 4.61. The Balaban J connectivity index is 1.77. The minimum Gasteiger partial charge on any atom is -0.364 e. The molecule has 0 atom stereocenters. The number of nitro groups is 1. The zero-order valence-electron chi connectivity index (χ0n) is 15.8. The molecule has 1 heterocycles. The first-order valence-electron chi connectivity index (χ1n) is 9.29. The number of aryl methyl sites for hydroxylation is 2. The van der Waals surface area contributed by atoms with Gasteiger partial charge in [-0.1, -0.05) is 17.7 Å². The second kappa shape index (κ2) is 8.62. The number of anilines is 3. The smallest absolute Gasteiger partial charge is 0.353 e. The second-order valence-corrected chi connectivity index (χ2v) is 6.96. The third kappa shape index (κ3) is 5.03. The molecule has 7 nitrogen and oxygen atoms in total. The summed E-state index contributed by atoms with van der Waals surface area (Å²) in [5.41, 5.74) is 4.21. The maximum absolute atomic E-state index is 11.7. The van der Waals surface area contributed by atoms with E-state index in [0.29, 0.717) is 6.54 Å². The van der Waals surface area contributed by atoms with Gasteiger partial charge in [0.2, 0.25) is 11.6 Å². The number of aromatic nitrogens is 2. The van der Waals surface area contributed by atoms with Gasteiger partial charge < -0.3 is 10.6 Å². The number of hydrogen-bond donors (Lipinski definition) is 2. The summed E-state index contributed by atoms with van der Waals surface area (Å²) in [5.74, 6) is 0.442. The Hall–Kier alpha value is -2.96. The van der Waals surface area contributed by atoms with Gasteiger partial charge in [-0.25, -0.2) is 9.97 Å². The van der Waals surface area contributed by atoms with Gasteiger partial charge in [0.25, 0.3) is 0 Å². The predicted molar refractivity (Wildman–Crippen MR) is 108 cm³/mol. The molecule has 7 heteroatoms. The zero-order valence-corrected chi connectivity index (χ0v) is 15.8. The van der Waals surface area contributed by atoms with E-state index in [4.69, 9.17) is 0 Å². The molecule has 0 aliphatic heterocycles. The van der Waals surface area contributed by atoms with Gasteiger partial charge in [0.1, 0.15) is 6.33 Å². The molecule has 27 heavy (non-hydrogen) atoms. The fraction of sp³-hybridized carbons (Fsp3) is 0.400. The van der Waals surface area contributed by atoms with Crippen LogP contribution in [0, 0.1) is 24.0 Å². The molecule has 0 bridgehead atoms. The van der Waals surface area contributed by atoms with Crippen LogP contribution in [0.2, 0.25) is 0 Å². The lowest BCUT2D eigenvalue weighted by molar-refractivity contribution is -0.383. The summed E-state index contributed by atoms with van der Waals surface area (Å²) in [4.78, 5) is 19.4. The van der Waals surface area contributed by atoms with E-state index in [9.17, 15) is 10.1 Å². The third-order valence-electron chi connectivity index (χ3n) is 4.61. The molecule has 2 aromatic rings. The van der Waals surface area contributed by atoms with Crippen LogP contribution < -0.4 is 10.6 Å². The normalized spacial score (nSPS) is 13.8. The Morgan fingerprint density at radius 2 is 1.85 bits per heavy atom. The highest BCUT2D eigenvalue weighted by molar-refractivity contribution is 5.74. The highest BCUT2D eigenvalue weighted by Gasteiger charge is 2.23. The number of nitrogens with zero attached hydrogens (tertiary/aromatic N) is 3. The lowest BCUT2D eigenvalue weighted by Gasteiger charge is -2.14. The molecule has 0 saturated carbocycles. The van der Waals surface area contributed by atoms with Crippen molar-refractivity contribution in [1.82, 2.24) is 9.97 Å². The first-order valence-corrected chi connectivity index (χ1v) is 9.29. The molecule has 1 aromatic heterocycles. The van der Waals surface area contributed by atoms with E-state index < -0.39 is 4.92 Å². The van der Waals surface area contributed by atoms with E-state index in [0.717, 1.165) is 36.1 Å². The minimum absolute atomic E-state index is 0.130. The van der Waals surface area contributed by atoms with E-state index in [1.165, 1.54) is 24.7 Å². The van der Waals surface area contributed by atoms with Crippen molar-refractivity contribution in [3.8, 4) is 0 Å². The van der Waals surface area contributed by atoms with Gasteiger partial charge in [0.05, 0.1) is 4.92 Å². The highest BCUT2D eigenvalue weighted by Crippen LogP contribution is 2.32. The van der Waals surface area contributed by atoms with Crippen LogP contribution >= 0.6 is 0 Å². The number of rotatable bonds is 7. The van der Waals surface area contributed by atoms with Crippen molar-refractivity contribution in [2.45, 2.75) is 46.0 Å². The number of benzene rings is 1. The Morgan fingerprint density at radius 3 is 2.52 bits per heavy atom. The average molecular weight is 367 g/mol. The van der Waals surface area contributed by atoms with E-state index in [2.05, 4.69) is 26.7 Å². The van der Waals surface area contributed by atoms with Gasteiger partial charge in [0.15, 0.2) is 0 Å². The van der Waals surface area contributed by atoms with E-state index >= 15 is 0 Å². The summed E-state index contributed by atoms with van der Waals surface area (Å²) in [7, 11) is 0. The topological polar surface area (TPSA) is 93.0 Å². The van der Waals surface area contributed by atoms with Crippen LogP contribution in [-0.2, 0) is 0 Å². The van der Waals surface area contributed by atoms with Crippen LogP contribution in [0.25, 0.3) is 0 Å². The summed E-state index contributed by atoms with van der Waals surface area (Å²) >= 11 is 0. The Labute approximate surface area is 159 Å². The molecule has 0 radical (unpaired) electrons. The highest BCUT2D eigenvalue weighted by atomic mass is 16.6. The maximum atomic E-state index is 11.7. The molecule has 1 aliphatic carbocycles. The van der Waals surface area contributed by atoms with Crippen molar-refractivity contribution in [2.75, 3.05) is 17.2 Å². The molecule has 142 valence electrons. The van der Waals surface area contributed by atoms with Gasteiger partial charge in [-0.2, -0.15) is 0 Å². The first kappa shape index (κ1) is 18.8. The quantitative estimate of drug-likeness (QED) is 0.404. The van der Waals surface area contributed by atoms with Crippen LogP contribution in [0.3, 0.4) is 0 Å². The van der Waals surface area contributed by atoms with Crippen LogP contribution in [0.1, 0.15) is 43.2 Å². The molecule has 0 saturated heterocycles. The fourth-order valence-electron chi connectivity index (χ4n) is 3.43. The van der Waals surface area contributed by atoms with Crippen molar-refractivity contribution in [1.29, 1.82) is 0 Å².